The summed E-state index contributed by atoms with van der Waals surface area (Å²) in [5, 5.41) is 10.5. The Labute approximate surface area is 98.9 Å². The first kappa shape index (κ1) is 10.1. The van der Waals surface area contributed by atoms with Crippen LogP contribution < -0.4 is 5.06 Å². The highest BCUT2D eigenvalue weighted by Gasteiger charge is 2.37. The zero-order chi connectivity index (χ0) is 11.8. The Hall–Kier alpha value is -2.13. The first-order chi connectivity index (χ1) is 8.29. The Morgan fingerprint density at radius 1 is 0.941 bits per heavy atom. The van der Waals surface area contributed by atoms with E-state index < -0.39 is 5.92 Å². The number of amides is 1. The van der Waals surface area contributed by atoms with Crippen LogP contribution in [0, 0.1) is 0 Å². The first-order valence-corrected chi connectivity index (χ1v) is 5.46. The molecule has 0 fully saturated rings. The van der Waals surface area contributed by atoms with Crippen molar-refractivity contribution in [3.05, 3.63) is 65.7 Å². The predicted molar refractivity (Wildman–Crippen MR) is 64.0 cm³/mol. The summed E-state index contributed by atoms with van der Waals surface area (Å²) in [6, 6.07) is 16.8. The average Bonchev–Trinajstić information content (AvgIpc) is 2.64. The van der Waals surface area contributed by atoms with Gasteiger partial charge >= 0.3 is 0 Å². The van der Waals surface area contributed by atoms with Gasteiger partial charge in [-0.3, -0.25) is 10.0 Å². The number of hydrogen-bond donors (Lipinski definition) is 1. The normalized spacial score (nSPS) is 18.3. The lowest BCUT2D eigenvalue weighted by Crippen LogP contribution is -2.25. The van der Waals surface area contributed by atoms with Crippen molar-refractivity contribution in [3.8, 4) is 0 Å². The number of para-hydroxylation sites is 1. The van der Waals surface area contributed by atoms with Crippen LogP contribution in [0.25, 0.3) is 0 Å². The van der Waals surface area contributed by atoms with Crippen LogP contribution in [0.3, 0.4) is 0 Å². The average molecular weight is 225 g/mol. The third-order valence-electron chi connectivity index (χ3n) is 3.06. The van der Waals surface area contributed by atoms with Gasteiger partial charge in [0.15, 0.2) is 0 Å². The van der Waals surface area contributed by atoms with Gasteiger partial charge in [0.1, 0.15) is 0 Å². The number of nitrogens with zero attached hydrogens (tertiary/aromatic N) is 1. The van der Waals surface area contributed by atoms with Crippen molar-refractivity contribution in [2.24, 2.45) is 0 Å². The number of hydrogen-bond acceptors (Lipinski definition) is 2. The van der Waals surface area contributed by atoms with Crippen LogP contribution in [0.5, 0.6) is 0 Å². The van der Waals surface area contributed by atoms with Crippen LogP contribution in [0.1, 0.15) is 17.0 Å². The molecule has 0 saturated carbocycles. The van der Waals surface area contributed by atoms with E-state index in [1.165, 1.54) is 0 Å². The van der Waals surface area contributed by atoms with Gasteiger partial charge in [0, 0.05) is 0 Å². The minimum Gasteiger partial charge on any atom is -0.281 e. The number of hydroxylamine groups is 1. The van der Waals surface area contributed by atoms with Crippen LogP contribution in [0.15, 0.2) is 54.6 Å². The summed E-state index contributed by atoms with van der Waals surface area (Å²) in [4.78, 5) is 12.0. The molecule has 3 heteroatoms. The Morgan fingerprint density at radius 3 is 2.35 bits per heavy atom. The summed E-state index contributed by atoms with van der Waals surface area (Å²) in [5.74, 6) is -0.685. The molecule has 1 atom stereocenters. The maximum Gasteiger partial charge on any atom is 0.262 e. The first-order valence-electron chi connectivity index (χ1n) is 5.46. The molecule has 17 heavy (non-hydrogen) atoms. The van der Waals surface area contributed by atoms with Gasteiger partial charge in [-0.2, -0.15) is 5.06 Å². The Bertz CT molecular complexity index is 565. The van der Waals surface area contributed by atoms with Gasteiger partial charge < -0.3 is 0 Å². The monoisotopic (exact) mass is 225 g/mol. The Morgan fingerprint density at radius 2 is 1.59 bits per heavy atom. The molecule has 0 saturated heterocycles. The van der Waals surface area contributed by atoms with E-state index in [1.807, 2.05) is 48.5 Å². The molecular weight excluding hydrogens is 214 g/mol. The lowest BCUT2D eigenvalue weighted by atomic mass is 9.93. The lowest BCUT2D eigenvalue weighted by molar-refractivity contribution is -0.123. The molecule has 1 amide bonds. The predicted octanol–water partition coefficient (Wildman–Crippen LogP) is 2.55. The van der Waals surface area contributed by atoms with Gasteiger partial charge in [-0.05, 0) is 17.2 Å². The van der Waals surface area contributed by atoms with E-state index in [-0.39, 0.29) is 5.91 Å². The SMILES string of the molecule is O=C1C(c2ccccc2)c2ccccc2N1O. The molecule has 3 rings (SSSR count). The molecule has 0 bridgehead atoms. The number of carbonyl (C=O) groups is 1. The van der Waals surface area contributed by atoms with Crippen molar-refractivity contribution >= 4 is 11.6 Å². The second-order valence-corrected chi connectivity index (χ2v) is 4.05. The Kier molecular flexibility index (Phi) is 2.20. The van der Waals surface area contributed by atoms with Crippen molar-refractivity contribution < 1.29 is 10.0 Å². The molecule has 0 spiro atoms. The van der Waals surface area contributed by atoms with Crippen molar-refractivity contribution in [2.75, 3.05) is 5.06 Å². The van der Waals surface area contributed by atoms with Crippen molar-refractivity contribution in [1.82, 2.24) is 0 Å². The van der Waals surface area contributed by atoms with Crippen LogP contribution in [0.4, 0.5) is 5.69 Å². The fourth-order valence-corrected chi connectivity index (χ4v) is 2.27. The Balaban J connectivity index is 2.16. The van der Waals surface area contributed by atoms with E-state index in [4.69, 9.17) is 0 Å². The second-order valence-electron chi connectivity index (χ2n) is 4.05. The van der Waals surface area contributed by atoms with Gasteiger partial charge in [-0.1, -0.05) is 48.5 Å². The molecule has 1 heterocycles. The number of fused-ring (bicyclic) bond motifs is 1. The maximum atomic E-state index is 12.0. The zero-order valence-corrected chi connectivity index (χ0v) is 9.08. The molecule has 2 aromatic rings. The largest absolute Gasteiger partial charge is 0.281 e. The number of rotatable bonds is 1. The fraction of sp³-hybridized carbons (Fsp3) is 0.0714. The molecular formula is C14H11NO2. The van der Waals surface area contributed by atoms with E-state index >= 15 is 0 Å². The zero-order valence-electron chi connectivity index (χ0n) is 9.08. The molecule has 1 aliphatic heterocycles. The highest BCUT2D eigenvalue weighted by atomic mass is 16.5. The molecule has 0 aliphatic carbocycles. The number of anilines is 1. The van der Waals surface area contributed by atoms with Gasteiger partial charge in [-0.15, -0.1) is 0 Å². The van der Waals surface area contributed by atoms with E-state index in [0.717, 1.165) is 16.2 Å². The smallest absolute Gasteiger partial charge is 0.262 e. The highest BCUT2D eigenvalue weighted by molar-refractivity contribution is 6.05. The van der Waals surface area contributed by atoms with Gasteiger partial charge in [0.2, 0.25) is 0 Å². The minimum absolute atomic E-state index is 0.294. The molecule has 84 valence electrons. The van der Waals surface area contributed by atoms with Crippen LogP contribution in [0.2, 0.25) is 0 Å². The third kappa shape index (κ3) is 1.44. The minimum atomic E-state index is -0.391. The van der Waals surface area contributed by atoms with E-state index in [0.29, 0.717) is 5.69 Å². The van der Waals surface area contributed by atoms with Gasteiger partial charge in [0.25, 0.3) is 5.91 Å². The summed E-state index contributed by atoms with van der Waals surface area (Å²) in [5.41, 5.74) is 2.33. The van der Waals surface area contributed by atoms with Gasteiger partial charge in [0.05, 0.1) is 11.6 Å². The lowest BCUT2D eigenvalue weighted by Gasteiger charge is -2.09. The van der Waals surface area contributed by atoms with E-state index in [9.17, 15) is 10.0 Å². The van der Waals surface area contributed by atoms with Gasteiger partial charge in [-0.25, -0.2) is 0 Å². The highest BCUT2D eigenvalue weighted by Crippen LogP contribution is 2.39. The van der Waals surface area contributed by atoms with Crippen molar-refractivity contribution in [3.63, 3.8) is 0 Å². The summed E-state index contributed by atoms with van der Waals surface area (Å²) >= 11 is 0. The summed E-state index contributed by atoms with van der Waals surface area (Å²) < 4.78 is 0. The van der Waals surface area contributed by atoms with Crippen molar-refractivity contribution in [2.45, 2.75) is 5.92 Å². The fourth-order valence-electron chi connectivity index (χ4n) is 2.27. The van der Waals surface area contributed by atoms with Crippen LogP contribution in [-0.2, 0) is 4.79 Å². The quantitative estimate of drug-likeness (QED) is 0.758. The summed E-state index contributed by atoms with van der Waals surface area (Å²) in [6.45, 7) is 0. The number of benzene rings is 2. The molecule has 0 aromatic heterocycles. The standard InChI is InChI=1S/C14H11NO2/c16-14-13(10-6-2-1-3-7-10)11-8-4-5-9-12(11)15(14)17/h1-9,13,17H. The molecule has 1 unspecified atom stereocenters. The molecule has 1 N–H and O–H groups in total. The topological polar surface area (TPSA) is 40.5 Å². The second kappa shape index (κ2) is 3.71. The van der Waals surface area contributed by atoms with E-state index in [1.54, 1.807) is 6.07 Å². The molecule has 0 radical (unpaired) electrons. The third-order valence-corrected chi connectivity index (χ3v) is 3.06. The van der Waals surface area contributed by atoms with Crippen molar-refractivity contribution in [1.29, 1.82) is 0 Å². The number of carbonyl (C=O) groups excluding carboxylic acids is 1. The van der Waals surface area contributed by atoms with Crippen LogP contribution >= 0.6 is 0 Å². The maximum absolute atomic E-state index is 12.0. The molecule has 2 aromatic carbocycles. The molecule has 1 aliphatic rings. The summed E-state index contributed by atoms with van der Waals surface area (Å²) in [7, 11) is 0. The molecule has 3 nitrogen and oxygen atoms in total. The van der Waals surface area contributed by atoms with E-state index in [2.05, 4.69) is 0 Å². The summed E-state index contributed by atoms with van der Waals surface area (Å²) in [6.07, 6.45) is 0. The van der Waals surface area contributed by atoms with Crippen LogP contribution in [-0.4, -0.2) is 11.1 Å².